The molecule has 15 heavy (non-hydrogen) atoms. The number of thiazole rings is 1. The molecule has 0 bridgehead atoms. The molecule has 0 fully saturated rings. The Hall–Kier alpha value is -1.49. The minimum atomic E-state index is 0.703. The number of anilines is 1. The number of aromatic nitrogens is 3. The Kier molecular flexibility index (Phi) is 2.91. The van der Waals surface area contributed by atoms with Gasteiger partial charge in [0.2, 0.25) is 0 Å². The lowest BCUT2D eigenvalue weighted by Crippen LogP contribution is -2.03. The van der Waals surface area contributed by atoms with Crippen molar-refractivity contribution in [3.63, 3.8) is 0 Å². The van der Waals surface area contributed by atoms with Crippen molar-refractivity contribution in [3.8, 4) is 0 Å². The topological polar surface area (TPSA) is 50.7 Å². The second kappa shape index (κ2) is 4.35. The standard InChI is InChI=1S/C10H12N4S/c1-7-8(2)14-9(5-12-7)13-6-10-11-3-4-15-10/h3-5H,6H2,1-2H3,(H,13,14). The van der Waals surface area contributed by atoms with Gasteiger partial charge in [-0.05, 0) is 13.8 Å². The normalized spacial score (nSPS) is 10.3. The van der Waals surface area contributed by atoms with Crippen LogP contribution in [0, 0.1) is 13.8 Å². The first-order valence-corrected chi connectivity index (χ1v) is 5.56. The summed E-state index contributed by atoms with van der Waals surface area (Å²) >= 11 is 1.63. The van der Waals surface area contributed by atoms with Crippen LogP contribution in [0.4, 0.5) is 5.82 Å². The van der Waals surface area contributed by atoms with Crippen LogP contribution >= 0.6 is 11.3 Å². The summed E-state index contributed by atoms with van der Waals surface area (Å²) in [7, 11) is 0. The van der Waals surface area contributed by atoms with Gasteiger partial charge >= 0.3 is 0 Å². The summed E-state index contributed by atoms with van der Waals surface area (Å²) in [6, 6.07) is 0. The second-order valence-electron chi connectivity index (χ2n) is 3.21. The number of nitrogens with zero attached hydrogens (tertiary/aromatic N) is 3. The van der Waals surface area contributed by atoms with Crippen molar-refractivity contribution in [1.82, 2.24) is 15.0 Å². The van der Waals surface area contributed by atoms with Crippen LogP contribution in [0.5, 0.6) is 0 Å². The van der Waals surface area contributed by atoms with E-state index in [2.05, 4.69) is 20.3 Å². The van der Waals surface area contributed by atoms with E-state index in [1.165, 1.54) is 0 Å². The molecule has 0 aliphatic carbocycles. The third-order valence-electron chi connectivity index (χ3n) is 2.10. The summed E-state index contributed by atoms with van der Waals surface area (Å²) < 4.78 is 0. The molecule has 2 aromatic heterocycles. The highest BCUT2D eigenvalue weighted by molar-refractivity contribution is 7.09. The van der Waals surface area contributed by atoms with E-state index in [1.54, 1.807) is 23.7 Å². The summed E-state index contributed by atoms with van der Waals surface area (Å²) in [6.07, 6.45) is 3.55. The molecule has 0 atom stereocenters. The minimum Gasteiger partial charge on any atom is -0.362 e. The highest BCUT2D eigenvalue weighted by Crippen LogP contribution is 2.09. The van der Waals surface area contributed by atoms with Gasteiger partial charge in [-0.3, -0.25) is 4.98 Å². The fourth-order valence-electron chi connectivity index (χ4n) is 1.13. The van der Waals surface area contributed by atoms with Gasteiger partial charge in [-0.25, -0.2) is 9.97 Å². The summed E-state index contributed by atoms with van der Waals surface area (Å²) in [5, 5.41) is 6.20. The molecule has 2 heterocycles. The Morgan fingerprint density at radius 1 is 1.27 bits per heavy atom. The molecule has 0 saturated carbocycles. The van der Waals surface area contributed by atoms with Gasteiger partial charge in [0.25, 0.3) is 0 Å². The Bertz CT molecular complexity index is 439. The molecule has 78 valence electrons. The van der Waals surface area contributed by atoms with Gasteiger partial charge in [0.05, 0.1) is 24.1 Å². The van der Waals surface area contributed by atoms with E-state index in [0.29, 0.717) is 6.54 Å². The summed E-state index contributed by atoms with van der Waals surface area (Å²) in [4.78, 5) is 12.8. The lowest BCUT2D eigenvalue weighted by molar-refractivity contribution is 1.01. The monoisotopic (exact) mass is 220 g/mol. The first kappa shape index (κ1) is 10.0. The van der Waals surface area contributed by atoms with Gasteiger partial charge in [-0.2, -0.15) is 0 Å². The average molecular weight is 220 g/mol. The maximum Gasteiger partial charge on any atom is 0.145 e. The zero-order chi connectivity index (χ0) is 10.7. The van der Waals surface area contributed by atoms with Gasteiger partial charge in [0.15, 0.2) is 0 Å². The van der Waals surface area contributed by atoms with Crippen molar-refractivity contribution >= 4 is 17.2 Å². The van der Waals surface area contributed by atoms with E-state index < -0.39 is 0 Å². The van der Waals surface area contributed by atoms with E-state index >= 15 is 0 Å². The zero-order valence-electron chi connectivity index (χ0n) is 8.69. The maximum atomic E-state index is 4.38. The molecule has 0 saturated heterocycles. The van der Waals surface area contributed by atoms with E-state index in [-0.39, 0.29) is 0 Å². The van der Waals surface area contributed by atoms with Crippen LogP contribution in [-0.4, -0.2) is 15.0 Å². The van der Waals surface area contributed by atoms with Crippen molar-refractivity contribution in [2.24, 2.45) is 0 Å². The minimum absolute atomic E-state index is 0.703. The molecule has 2 aromatic rings. The van der Waals surface area contributed by atoms with E-state index in [1.807, 2.05) is 19.2 Å². The fraction of sp³-hybridized carbons (Fsp3) is 0.300. The quantitative estimate of drug-likeness (QED) is 0.861. The predicted octanol–water partition coefficient (Wildman–Crippen LogP) is 2.16. The molecule has 1 N–H and O–H groups in total. The van der Waals surface area contributed by atoms with Gasteiger partial charge in [-0.15, -0.1) is 11.3 Å². The third kappa shape index (κ3) is 2.50. The Morgan fingerprint density at radius 2 is 2.13 bits per heavy atom. The summed E-state index contributed by atoms with van der Waals surface area (Å²) in [5.41, 5.74) is 1.92. The second-order valence-corrected chi connectivity index (χ2v) is 4.18. The molecule has 0 aliphatic heterocycles. The maximum absolute atomic E-state index is 4.38. The Balaban J connectivity index is 2.02. The molecule has 4 nitrogen and oxygen atoms in total. The van der Waals surface area contributed by atoms with Gasteiger partial charge in [0.1, 0.15) is 10.8 Å². The van der Waals surface area contributed by atoms with E-state index in [0.717, 1.165) is 22.2 Å². The average Bonchev–Trinajstić information content (AvgIpc) is 2.73. The molecular weight excluding hydrogens is 208 g/mol. The Morgan fingerprint density at radius 3 is 2.80 bits per heavy atom. The first-order valence-electron chi connectivity index (χ1n) is 4.68. The summed E-state index contributed by atoms with van der Waals surface area (Å²) in [5.74, 6) is 0.799. The molecule has 0 amide bonds. The highest BCUT2D eigenvalue weighted by Gasteiger charge is 2.00. The van der Waals surface area contributed by atoms with Gasteiger partial charge in [0, 0.05) is 11.6 Å². The van der Waals surface area contributed by atoms with Crippen molar-refractivity contribution in [2.45, 2.75) is 20.4 Å². The van der Waals surface area contributed by atoms with Crippen LogP contribution < -0.4 is 5.32 Å². The molecular formula is C10H12N4S. The fourth-order valence-corrected chi connectivity index (χ4v) is 1.69. The van der Waals surface area contributed by atoms with Crippen LogP contribution in [-0.2, 0) is 6.54 Å². The molecule has 0 unspecified atom stereocenters. The predicted molar refractivity (Wildman–Crippen MR) is 60.9 cm³/mol. The van der Waals surface area contributed by atoms with Crippen molar-refractivity contribution in [3.05, 3.63) is 34.2 Å². The van der Waals surface area contributed by atoms with Crippen molar-refractivity contribution < 1.29 is 0 Å². The number of hydrogen-bond donors (Lipinski definition) is 1. The molecule has 0 aromatic carbocycles. The molecule has 0 radical (unpaired) electrons. The zero-order valence-corrected chi connectivity index (χ0v) is 9.51. The molecule has 0 spiro atoms. The van der Waals surface area contributed by atoms with Gasteiger partial charge < -0.3 is 5.32 Å². The lowest BCUT2D eigenvalue weighted by Gasteiger charge is -2.04. The van der Waals surface area contributed by atoms with Crippen LogP contribution in [0.3, 0.4) is 0 Å². The van der Waals surface area contributed by atoms with Crippen LogP contribution in [0.15, 0.2) is 17.8 Å². The number of nitrogens with one attached hydrogen (secondary N) is 1. The highest BCUT2D eigenvalue weighted by atomic mass is 32.1. The molecule has 5 heteroatoms. The lowest BCUT2D eigenvalue weighted by atomic mass is 10.3. The van der Waals surface area contributed by atoms with E-state index in [4.69, 9.17) is 0 Å². The number of aryl methyl sites for hydroxylation is 2. The van der Waals surface area contributed by atoms with Crippen molar-refractivity contribution in [1.29, 1.82) is 0 Å². The smallest absolute Gasteiger partial charge is 0.145 e. The SMILES string of the molecule is Cc1ncc(NCc2nccs2)nc1C. The third-order valence-corrected chi connectivity index (χ3v) is 2.88. The van der Waals surface area contributed by atoms with Crippen LogP contribution in [0.25, 0.3) is 0 Å². The first-order chi connectivity index (χ1) is 7.25. The van der Waals surface area contributed by atoms with Crippen molar-refractivity contribution in [2.75, 3.05) is 5.32 Å². The molecule has 0 aliphatic rings. The summed E-state index contributed by atoms with van der Waals surface area (Å²) in [6.45, 7) is 4.61. The van der Waals surface area contributed by atoms with Crippen LogP contribution in [0.1, 0.15) is 16.4 Å². The number of hydrogen-bond acceptors (Lipinski definition) is 5. The largest absolute Gasteiger partial charge is 0.362 e. The Labute approximate surface area is 92.4 Å². The van der Waals surface area contributed by atoms with Gasteiger partial charge in [-0.1, -0.05) is 0 Å². The van der Waals surface area contributed by atoms with Crippen LogP contribution in [0.2, 0.25) is 0 Å². The number of rotatable bonds is 3. The van der Waals surface area contributed by atoms with E-state index in [9.17, 15) is 0 Å². The molecule has 2 rings (SSSR count).